The quantitative estimate of drug-likeness (QED) is 0.874. The van der Waals surface area contributed by atoms with Crippen LogP contribution in [0.15, 0.2) is 30.3 Å². The molecular weight excluding hydrogens is 234 g/mol. The summed E-state index contributed by atoms with van der Waals surface area (Å²) in [5.41, 5.74) is 1.39. The lowest BCUT2D eigenvalue weighted by molar-refractivity contribution is 0.136. The highest BCUT2D eigenvalue weighted by atomic mass is 15.2. The molecule has 0 aliphatic carbocycles. The van der Waals surface area contributed by atoms with E-state index in [0.717, 1.165) is 12.6 Å². The van der Waals surface area contributed by atoms with Crippen LogP contribution >= 0.6 is 0 Å². The number of hydrogen-bond acceptors (Lipinski definition) is 3. The van der Waals surface area contributed by atoms with Crippen molar-refractivity contribution in [3.05, 3.63) is 35.9 Å². The van der Waals surface area contributed by atoms with E-state index in [-0.39, 0.29) is 0 Å². The molecule has 1 aromatic rings. The third-order valence-corrected chi connectivity index (χ3v) is 4.28. The molecule has 1 fully saturated rings. The first-order valence-electron chi connectivity index (χ1n) is 7.31. The first-order chi connectivity index (χ1) is 9.20. The first kappa shape index (κ1) is 14.5. The molecule has 1 N–H and O–H groups in total. The van der Waals surface area contributed by atoms with Crippen LogP contribution in [-0.2, 0) is 0 Å². The fourth-order valence-corrected chi connectivity index (χ4v) is 2.93. The molecule has 19 heavy (non-hydrogen) atoms. The van der Waals surface area contributed by atoms with E-state index in [1.165, 1.54) is 31.5 Å². The van der Waals surface area contributed by atoms with Crippen molar-refractivity contribution in [1.29, 1.82) is 0 Å². The molecule has 0 amide bonds. The summed E-state index contributed by atoms with van der Waals surface area (Å²) in [6.45, 7) is 3.54. The van der Waals surface area contributed by atoms with Gasteiger partial charge in [0.05, 0.1) is 0 Å². The van der Waals surface area contributed by atoms with Gasteiger partial charge in [0.25, 0.3) is 0 Å². The smallest absolute Gasteiger partial charge is 0.0446 e. The van der Waals surface area contributed by atoms with Crippen LogP contribution < -0.4 is 5.32 Å². The second-order valence-corrected chi connectivity index (χ2v) is 5.75. The molecule has 1 unspecified atom stereocenters. The molecule has 1 aromatic carbocycles. The van der Waals surface area contributed by atoms with Gasteiger partial charge in [-0.05, 0) is 52.6 Å². The highest BCUT2D eigenvalue weighted by Gasteiger charge is 2.22. The van der Waals surface area contributed by atoms with Crippen molar-refractivity contribution < 1.29 is 0 Å². The second kappa shape index (κ2) is 7.04. The Hall–Kier alpha value is -0.900. The standard InChI is InChI=1S/C16H27N3/c1-17-16(14-7-5-4-6-8-14)13-19-11-9-15(10-12-19)18(2)3/h4-8,15-17H,9-13H2,1-3H3. The number of hydrogen-bond donors (Lipinski definition) is 1. The molecule has 0 aromatic heterocycles. The Bertz CT molecular complexity index is 356. The molecule has 0 saturated carbocycles. The van der Waals surface area contributed by atoms with Gasteiger partial charge in [-0.15, -0.1) is 0 Å². The first-order valence-corrected chi connectivity index (χ1v) is 7.31. The minimum Gasteiger partial charge on any atom is -0.312 e. The number of benzene rings is 1. The zero-order valence-corrected chi connectivity index (χ0v) is 12.5. The van der Waals surface area contributed by atoms with E-state index >= 15 is 0 Å². The molecule has 1 heterocycles. The van der Waals surface area contributed by atoms with Crippen molar-refractivity contribution in [2.24, 2.45) is 0 Å². The van der Waals surface area contributed by atoms with Crippen molar-refractivity contribution in [1.82, 2.24) is 15.1 Å². The largest absolute Gasteiger partial charge is 0.312 e. The molecule has 3 nitrogen and oxygen atoms in total. The average molecular weight is 261 g/mol. The maximum absolute atomic E-state index is 3.45. The predicted molar refractivity (Wildman–Crippen MR) is 81.4 cm³/mol. The van der Waals surface area contributed by atoms with Gasteiger partial charge in [0.2, 0.25) is 0 Å². The van der Waals surface area contributed by atoms with Gasteiger partial charge >= 0.3 is 0 Å². The fraction of sp³-hybridized carbons (Fsp3) is 0.625. The molecule has 0 spiro atoms. The average Bonchev–Trinajstić information content (AvgIpc) is 2.46. The Kier molecular flexibility index (Phi) is 5.37. The SMILES string of the molecule is CNC(CN1CCC(N(C)C)CC1)c1ccccc1. The Morgan fingerprint density at radius 2 is 1.84 bits per heavy atom. The molecule has 106 valence electrons. The predicted octanol–water partition coefficient (Wildman–Crippen LogP) is 1.97. The normalized spacial score (nSPS) is 19.8. The van der Waals surface area contributed by atoms with Gasteiger partial charge in [-0.2, -0.15) is 0 Å². The lowest BCUT2D eigenvalue weighted by atomic mass is 10.0. The third kappa shape index (κ3) is 4.03. The molecule has 1 saturated heterocycles. The van der Waals surface area contributed by atoms with Crippen LogP contribution in [0.1, 0.15) is 24.4 Å². The molecule has 1 atom stereocenters. The van der Waals surface area contributed by atoms with Crippen LogP contribution in [0.25, 0.3) is 0 Å². The van der Waals surface area contributed by atoms with Crippen LogP contribution in [-0.4, -0.2) is 56.6 Å². The zero-order valence-electron chi connectivity index (χ0n) is 12.5. The number of piperidine rings is 1. The minimum absolute atomic E-state index is 0.442. The van der Waals surface area contributed by atoms with Gasteiger partial charge in [0.1, 0.15) is 0 Å². The lowest BCUT2D eigenvalue weighted by Crippen LogP contribution is -2.44. The summed E-state index contributed by atoms with van der Waals surface area (Å²) in [5.74, 6) is 0. The lowest BCUT2D eigenvalue weighted by Gasteiger charge is -2.36. The third-order valence-electron chi connectivity index (χ3n) is 4.28. The molecule has 2 rings (SSSR count). The van der Waals surface area contributed by atoms with Gasteiger partial charge < -0.3 is 15.1 Å². The van der Waals surface area contributed by atoms with Crippen LogP contribution in [0.5, 0.6) is 0 Å². The molecule has 1 aliphatic rings. The Labute approximate surface area is 117 Å². The summed E-state index contributed by atoms with van der Waals surface area (Å²) in [6, 6.07) is 12.0. The number of likely N-dealkylation sites (N-methyl/N-ethyl adjacent to an activating group) is 1. The highest BCUT2D eigenvalue weighted by molar-refractivity contribution is 5.19. The number of rotatable bonds is 5. The molecule has 1 aliphatic heterocycles. The van der Waals surface area contributed by atoms with Crippen molar-refractivity contribution in [2.75, 3.05) is 40.8 Å². The van der Waals surface area contributed by atoms with E-state index in [9.17, 15) is 0 Å². The monoisotopic (exact) mass is 261 g/mol. The van der Waals surface area contributed by atoms with Gasteiger partial charge in [0.15, 0.2) is 0 Å². The van der Waals surface area contributed by atoms with E-state index in [0.29, 0.717) is 6.04 Å². The van der Waals surface area contributed by atoms with Crippen LogP contribution in [0.4, 0.5) is 0 Å². The zero-order chi connectivity index (χ0) is 13.7. The Morgan fingerprint density at radius 1 is 1.21 bits per heavy atom. The summed E-state index contributed by atoms with van der Waals surface area (Å²) in [7, 11) is 6.45. The number of nitrogens with one attached hydrogen (secondary N) is 1. The topological polar surface area (TPSA) is 18.5 Å². The number of nitrogens with zero attached hydrogens (tertiary/aromatic N) is 2. The summed E-state index contributed by atoms with van der Waals surface area (Å²) in [4.78, 5) is 4.96. The summed E-state index contributed by atoms with van der Waals surface area (Å²) in [5, 5.41) is 3.45. The summed E-state index contributed by atoms with van der Waals surface area (Å²) >= 11 is 0. The van der Waals surface area contributed by atoms with Crippen LogP contribution in [0, 0.1) is 0 Å². The highest BCUT2D eigenvalue weighted by Crippen LogP contribution is 2.18. The second-order valence-electron chi connectivity index (χ2n) is 5.75. The van der Waals surface area contributed by atoms with E-state index < -0.39 is 0 Å². The molecule has 0 bridgehead atoms. The van der Waals surface area contributed by atoms with Crippen molar-refractivity contribution in [3.8, 4) is 0 Å². The van der Waals surface area contributed by atoms with Gasteiger partial charge in [-0.25, -0.2) is 0 Å². The van der Waals surface area contributed by atoms with Gasteiger partial charge in [0, 0.05) is 18.6 Å². The van der Waals surface area contributed by atoms with Crippen LogP contribution in [0.3, 0.4) is 0 Å². The van der Waals surface area contributed by atoms with Crippen molar-refractivity contribution >= 4 is 0 Å². The maximum atomic E-state index is 3.45. The Morgan fingerprint density at radius 3 is 2.37 bits per heavy atom. The fourth-order valence-electron chi connectivity index (χ4n) is 2.93. The van der Waals surface area contributed by atoms with Crippen molar-refractivity contribution in [2.45, 2.75) is 24.9 Å². The summed E-state index contributed by atoms with van der Waals surface area (Å²) in [6.07, 6.45) is 2.58. The van der Waals surface area contributed by atoms with Crippen molar-refractivity contribution in [3.63, 3.8) is 0 Å². The van der Waals surface area contributed by atoms with Gasteiger partial charge in [-0.1, -0.05) is 30.3 Å². The summed E-state index contributed by atoms with van der Waals surface area (Å²) < 4.78 is 0. The minimum atomic E-state index is 0.442. The van der Waals surface area contributed by atoms with Crippen LogP contribution in [0.2, 0.25) is 0 Å². The molecular formula is C16H27N3. The molecule has 0 radical (unpaired) electrons. The van der Waals surface area contributed by atoms with E-state index in [1.54, 1.807) is 0 Å². The molecule has 3 heteroatoms. The van der Waals surface area contributed by atoms with E-state index in [4.69, 9.17) is 0 Å². The maximum Gasteiger partial charge on any atom is 0.0446 e. The Balaban J connectivity index is 1.87. The number of likely N-dealkylation sites (tertiary alicyclic amines) is 1. The van der Waals surface area contributed by atoms with E-state index in [2.05, 4.69) is 66.6 Å². The van der Waals surface area contributed by atoms with E-state index in [1.807, 2.05) is 0 Å². The van der Waals surface area contributed by atoms with Gasteiger partial charge in [-0.3, -0.25) is 0 Å².